The first-order chi connectivity index (χ1) is 17.2. The number of aromatic nitrogens is 1. The predicted molar refractivity (Wildman–Crippen MR) is 129 cm³/mol. The number of rotatable bonds is 7. The number of carbonyl (C=O) groups is 1. The van der Waals surface area contributed by atoms with Gasteiger partial charge in [0.05, 0.1) is 19.7 Å². The number of urea groups is 1. The standard InChI is InChI=1S/C26H22F3N3O4/c1-34-21-9-10-22(24(13-21)35-2)18-11-17-5-6-19(12-23(17)30-15-18)32-25(33)31-14-16-3-7-20(8-4-16)36-26(27,28)29/h3-13,15H,14H2,1-2H3,(H2,31,32,33). The van der Waals surface area contributed by atoms with Gasteiger partial charge < -0.3 is 24.8 Å². The number of methoxy groups -OCH3 is 2. The minimum atomic E-state index is -4.75. The molecule has 0 aliphatic carbocycles. The van der Waals surface area contributed by atoms with E-state index in [4.69, 9.17) is 9.47 Å². The molecular weight excluding hydrogens is 475 g/mol. The Balaban J connectivity index is 1.40. The van der Waals surface area contributed by atoms with E-state index in [0.29, 0.717) is 28.3 Å². The Hall–Kier alpha value is -4.47. The van der Waals surface area contributed by atoms with Gasteiger partial charge in [0, 0.05) is 41.0 Å². The molecule has 0 radical (unpaired) electrons. The fraction of sp³-hybridized carbons (Fsp3) is 0.154. The van der Waals surface area contributed by atoms with E-state index in [2.05, 4.69) is 20.4 Å². The summed E-state index contributed by atoms with van der Waals surface area (Å²) in [6, 6.07) is 17.7. The third-order valence-electron chi connectivity index (χ3n) is 5.27. The van der Waals surface area contributed by atoms with Crippen molar-refractivity contribution < 1.29 is 32.2 Å². The highest BCUT2D eigenvalue weighted by Crippen LogP contribution is 2.34. The summed E-state index contributed by atoms with van der Waals surface area (Å²) in [6.45, 7) is 0.122. The molecule has 1 heterocycles. The molecule has 10 heteroatoms. The molecule has 4 rings (SSSR count). The highest BCUT2D eigenvalue weighted by atomic mass is 19.4. The van der Waals surface area contributed by atoms with Crippen LogP contribution < -0.4 is 24.8 Å². The third kappa shape index (κ3) is 6.15. The fourth-order valence-electron chi connectivity index (χ4n) is 3.55. The van der Waals surface area contributed by atoms with Gasteiger partial charge in [-0.3, -0.25) is 4.98 Å². The highest BCUT2D eigenvalue weighted by molar-refractivity contribution is 5.93. The van der Waals surface area contributed by atoms with Crippen molar-refractivity contribution in [3.05, 3.63) is 78.5 Å². The Morgan fingerprint density at radius 2 is 1.67 bits per heavy atom. The van der Waals surface area contributed by atoms with Crippen molar-refractivity contribution in [1.82, 2.24) is 10.3 Å². The molecule has 0 spiro atoms. The number of hydrogen-bond donors (Lipinski definition) is 2. The maximum atomic E-state index is 12.3. The summed E-state index contributed by atoms with van der Waals surface area (Å²) in [4.78, 5) is 16.8. The third-order valence-corrected chi connectivity index (χ3v) is 5.27. The lowest BCUT2D eigenvalue weighted by molar-refractivity contribution is -0.274. The van der Waals surface area contributed by atoms with Crippen LogP contribution in [-0.4, -0.2) is 31.6 Å². The van der Waals surface area contributed by atoms with Crippen LogP contribution in [0.1, 0.15) is 5.56 Å². The number of alkyl halides is 3. The summed E-state index contributed by atoms with van der Waals surface area (Å²) in [7, 11) is 3.18. The summed E-state index contributed by atoms with van der Waals surface area (Å²) >= 11 is 0. The number of anilines is 1. The average Bonchev–Trinajstić information content (AvgIpc) is 2.86. The molecule has 0 aliphatic rings. The first kappa shape index (κ1) is 24.6. The molecule has 0 fully saturated rings. The maximum Gasteiger partial charge on any atom is 0.573 e. The van der Waals surface area contributed by atoms with Crippen molar-refractivity contribution in [3.63, 3.8) is 0 Å². The first-order valence-corrected chi connectivity index (χ1v) is 10.8. The molecule has 4 aromatic rings. The van der Waals surface area contributed by atoms with Gasteiger partial charge in [0.25, 0.3) is 0 Å². The second-order valence-electron chi connectivity index (χ2n) is 7.70. The first-order valence-electron chi connectivity index (χ1n) is 10.8. The van der Waals surface area contributed by atoms with Crippen molar-refractivity contribution in [1.29, 1.82) is 0 Å². The SMILES string of the molecule is COc1ccc(-c2cnc3cc(NC(=O)NCc4ccc(OC(F)(F)F)cc4)ccc3c2)c(OC)c1. The average molecular weight is 497 g/mol. The Bertz CT molecular complexity index is 1380. The maximum absolute atomic E-state index is 12.3. The lowest BCUT2D eigenvalue weighted by Gasteiger charge is -2.12. The minimum absolute atomic E-state index is 0.122. The molecule has 7 nitrogen and oxygen atoms in total. The molecule has 1 aromatic heterocycles. The van der Waals surface area contributed by atoms with Crippen molar-refractivity contribution in [2.24, 2.45) is 0 Å². The molecule has 2 N–H and O–H groups in total. The van der Waals surface area contributed by atoms with E-state index in [1.54, 1.807) is 38.6 Å². The normalized spacial score (nSPS) is 11.1. The fourth-order valence-corrected chi connectivity index (χ4v) is 3.55. The summed E-state index contributed by atoms with van der Waals surface area (Å²) in [5, 5.41) is 6.26. The van der Waals surface area contributed by atoms with Crippen molar-refractivity contribution in [3.8, 4) is 28.4 Å². The Kier molecular flexibility index (Phi) is 7.14. The van der Waals surface area contributed by atoms with E-state index in [-0.39, 0.29) is 12.3 Å². The number of nitrogens with zero attached hydrogens (tertiary/aromatic N) is 1. The smallest absolute Gasteiger partial charge is 0.497 e. The van der Waals surface area contributed by atoms with Crippen molar-refractivity contribution >= 4 is 22.6 Å². The van der Waals surface area contributed by atoms with Gasteiger partial charge in [-0.2, -0.15) is 0 Å². The lowest BCUT2D eigenvalue weighted by atomic mass is 10.0. The molecule has 0 saturated carbocycles. The predicted octanol–water partition coefficient (Wildman–Crippen LogP) is 6.14. The number of carbonyl (C=O) groups excluding carboxylic acids is 1. The molecule has 186 valence electrons. The molecule has 0 atom stereocenters. The van der Waals surface area contributed by atoms with Crippen LogP contribution in [0.15, 0.2) is 72.9 Å². The number of benzene rings is 3. The van der Waals surface area contributed by atoms with Crippen molar-refractivity contribution in [2.75, 3.05) is 19.5 Å². The van der Waals surface area contributed by atoms with E-state index >= 15 is 0 Å². The second kappa shape index (κ2) is 10.4. The lowest BCUT2D eigenvalue weighted by Crippen LogP contribution is -2.28. The highest BCUT2D eigenvalue weighted by Gasteiger charge is 2.30. The molecule has 0 bridgehead atoms. The van der Waals surface area contributed by atoms with Crippen LogP contribution in [0.2, 0.25) is 0 Å². The molecular formula is C26H22F3N3O4. The van der Waals surface area contributed by atoms with Gasteiger partial charge >= 0.3 is 12.4 Å². The second-order valence-corrected chi connectivity index (χ2v) is 7.70. The zero-order valence-corrected chi connectivity index (χ0v) is 19.3. The molecule has 2 amide bonds. The van der Waals surface area contributed by atoms with Crippen LogP contribution in [0.3, 0.4) is 0 Å². The van der Waals surface area contributed by atoms with Gasteiger partial charge in [-0.1, -0.05) is 18.2 Å². The molecule has 3 aromatic carbocycles. The summed E-state index contributed by atoms with van der Waals surface area (Å²) in [5.74, 6) is 1.02. The zero-order chi connectivity index (χ0) is 25.7. The van der Waals surface area contributed by atoms with E-state index < -0.39 is 12.4 Å². The van der Waals surface area contributed by atoms with Gasteiger partial charge in [-0.15, -0.1) is 13.2 Å². The quantitative estimate of drug-likeness (QED) is 0.321. The van der Waals surface area contributed by atoms with Crippen molar-refractivity contribution in [2.45, 2.75) is 12.9 Å². The van der Waals surface area contributed by atoms with Crippen LogP contribution >= 0.6 is 0 Å². The Labute approximate surface area is 204 Å². The number of pyridine rings is 1. The van der Waals surface area contributed by atoms with E-state index in [1.165, 1.54) is 24.3 Å². The van der Waals surface area contributed by atoms with Gasteiger partial charge in [-0.05, 0) is 48.0 Å². The van der Waals surface area contributed by atoms with E-state index in [9.17, 15) is 18.0 Å². The molecule has 36 heavy (non-hydrogen) atoms. The van der Waals surface area contributed by atoms with E-state index in [1.807, 2.05) is 24.3 Å². The monoisotopic (exact) mass is 497 g/mol. The van der Waals surface area contributed by atoms with Crippen LogP contribution in [0.4, 0.5) is 23.7 Å². The number of nitrogens with one attached hydrogen (secondary N) is 2. The topological polar surface area (TPSA) is 81.7 Å². The number of hydrogen-bond acceptors (Lipinski definition) is 5. The largest absolute Gasteiger partial charge is 0.573 e. The van der Waals surface area contributed by atoms with Gasteiger partial charge in [0.2, 0.25) is 0 Å². The summed E-state index contributed by atoms with van der Waals surface area (Å²) in [5.41, 5.74) is 3.57. The Morgan fingerprint density at radius 1 is 0.917 bits per heavy atom. The van der Waals surface area contributed by atoms with E-state index in [0.717, 1.165) is 16.5 Å². The van der Waals surface area contributed by atoms with Gasteiger partial charge in [0.15, 0.2) is 0 Å². The molecule has 0 saturated heterocycles. The number of amides is 2. The summed E-state index contributed by atoms with van der Waals surface area (Å²) < 4.78 is 51.3. The Morgan fingerprint density at radius 3 is 2.36 bits per heavy atom. The van der Waals surface area contributed by atoms with Crippen LogP contribution in [0.25, 0.3) is 22.0 Å². The van der Waals surface area contributed by atoms with Gasteiger partial charge in [0.1, 0.15) is 17.2 Å². The molecule has 0 unspecified atom stereocenters. The molecule has 0 aliphatic heterocycles. The number of fused-ring (bicyclic) bond motifs is 1. The van der Waals surface area contributed by atoms with Crippen LogP contribution in [-0.2, 0) is 6.54 Å². The summed E-state index contributed by atoms with van der Waals surface area (Å²) in [6.07, 6.45) is -3.03. The van der Waals surface area contributed by atoms with Gasteiger partial charge in [-0.25, -0.2) is 4.79 Å². The van der Waals surface area contributed by atoms with Crippen LogP contribution in [0.5, 0.6) is 17.2 Å². The minimum Gasteiger partial charge on any atom is -0.497 e. The number of halogens is 3. The number of ether oxygens (including phenoxy) is 3. The van der Waals surface area contributed by atoms with Crippen LogP contribution in [0, 0.1) is 0 Å². The zero-order valence-electron chi connectivity index (χ0n) is 19.3.